The van der Waals surface area contributed by atoms with Crippen LogP contribution in [-0.4, -0.2) is 25.6 Å². The summed E-state index contributed by atoms with van der Waals surface area (Å²) < 4.78 is 16.2. The number of amides is 1. The molecule has 3 aliphatic carbocycles. The minimum absolute atomic E-state index is 0.0870. The van der Waals surface area contributed by atoms with Crippen molar-refractivity contribution in [3.63, 3.8) is 0 Å². The zero-order valence-corrected chi connectivity index (χ0v) is 23.3. The number of ether oxygens (including phenoxy) is 3. The van der Waals surface area contributed by atoms with Crippen molar-refractivity contribution in [2.75, 3.05) is 13.9 Å². The van der Waals surface area contributed by atoms with Gasteiger partial charge in [-0.05, 0) is 103 Å². The second kappa shape index (κ2) is 10.9. The van der Waals surface area contributed by atoms with Crippen molar-refractivity contribution >= 4 is 11.7 Å². The van der Waals surface area contributed by atoms with Gasteiger partial charge in [-0.1, -0.05) is 31.9 Å². The first kappa shape index (κ1) is 26.2. The maximum Gasteiger partial charge on any atom is 0.231 e. The molecule has 1 N–H and O–H groups in total. The molecule has 3 unspecified atom stereocenters. The first-order valence-corrected chi connectivity index (χ1v) is 14.8. The molecule has 5 atom stereocenters. The Hall–Kier alpha value is -3.02. The van der Waals surface area contributed by atoms with Crippen LogP contribution in [0.25, 0.3) is 0 Å². The van der Waals surface area contributed by atoms with Crippen LogP contribution in [0.4, 0.5) is 0 Å². The molecule has 6 heteroatoms. The van der Waals surface area contributed by atoms with Gasteiger partial charge in [-0.3, -0.25) is 9.59 Å². The van der Waals surface area contributed by atoms with Crippen LogP contribution < -0.4 is 19.5 Å². The van der Waals surface area contributed by atoms with Crippen molar-refractivity contribution < 1.29 is 23.8 Å². The molecule has 0 bridgehead atoms. The number of hydrogen-bond acceptors (Lipinski definition) is 5. The summed E-state index contributed by atoms with van der Waals surface area (Å²) in [5, 5.41) is 3.03. The average Bonchev–Trinajstić information content (AvgIpc) is 3.52. The van der Waals surface area contributed by atoms with E-state index in [0.29, 0.717) is 42.4 Å². The van der Waals surface area contributed by atoms with Gasteiger partial charge in [-0.15, -0.1) is 0 Å². The lowest BCUT2D eigenvalue weighted by Crippen LogP contribution is -2.44. The standard InChI is InChI=1S/C33H41NO5/c1-33-15-14-26-25-12-10-24(37-2)17-22(25)9-11-27(26)32(33)23(18-30(33)35)6-4-3-5-7-31(36)34-19-21-8-13-28-29(16-21)39-20-38-28/h8,10,12-13,16-17,23,26-27,32H,3-7,9,11,14-15,18-20H2,1-2H3,(H,34,36)/t23-,26?,27?,32?,33-/m1/s1. The molecule has 2 aromatic carbocycles. The first-order valence-electron chi connectivity index (χ1n) is 14.8. The largest absolute Gasteiger partial charge is 0.497 e. The number of carbonyl (C=O) groups is 2. The number of benzene rings is 2. The predicted molar refractivity (Wildman–Crippen MR) is 149 cm³/mol. The highest BCUT2D eigenvalue weighted by Crippen LogP contribution is 2.62. The third kappa shape index (κ3) is 5.03. The van der Waals surface area contributed by atoms with Gasteiger partial charge in [0.2, 0.25) is 12.7 Å². The highest BCUT2D eigenvalue weighted by molar-refractivity contribution is 5.87. The number of methoxy groups -OCH3 is 1. The van der Waals surface area contributed by atoms with Gasteiger partial charge in [-0.2, -0.15) is 0 Å². The summed E-state index contributed by atoms with van der Waals surface area (Å²) >= 11 is 0. The molecule has 39 heavy (non-hydrogen) atoms. The van der Waals surface area contributed by atoms with Crippen molar-refractivity contribution in [2.24, 2.45) is 23.2 Å². The zero-order valence-electron chi connectivity index (χ0n) is 23.3. The number of carbonyl (C=O) groups excluding carboxylic acids is 2. The molecule has 6 rings (SSSR count). The zero-order chi connectivity index (χ0) is 27.0. The average molecular weight is 532 g/mol. The van der Waals surface area contributed by atoms with E-state index in [0.717, 1.165) is 74.2 Å². The quantitative estimate of drug-likeness (QED) is 0.382. The summed E-state index contributed by atoms with van der Waals surface area (Å²) in [6, 6.07) is 12.4. The van der Waals surface area contributed by atoms with Crippen LogP contribution in [0.1, 0.15) is 87.3 Å². The van der Waals surface area contributed by atoms with E-state index in [9.17, 15) is 9.59 Å². The molecule has 2 aromatic rings. The van der Waals surface area contributed by atoms with Crippen molar-refractivity contribution in [2.45, 2.75) is 83.6 Å². The van der Waals surface area contributed by atoms with E-state index in [1.807, 2.05) is 18.2 Å². The highest BCUT2D eigenvalue weighted by atomic mass is 16.7. The first-order chi connectivity index (χ1) is 19.0. The van der Waals surface area contributed by atoms with Crippen molar-refractivity contribution in [3.8, 4) is 17.2 Å². The second-order valence-corrected chi connectivity index (χ2v) is 12.3. The van der Waals surface area contributed by atoms with Gasteiger partial charge >= 0.3 is 0 Å². The van der Waals surface area contributed by atoms with E-state index in [1.165, 1.54) is 17.5 Å². The number of unbranched alkanes of at least 4 members (excludes halogenated alkanes) is 2. The molecule has 0 aromatic heterocycles. The number of rotatable bonds is 9. The van der Waals surface area contributed by atoms with Gasteiger partial charge in [0.25, 0.3) is 0 Å². The SMILES string of the molecule is COc1ccc2c(c1)CCC1C2CC[C@]2(C)C(=O)C[C@@H](CCCCCC(=O)NCc3ccc4c(c3)OCO4)C12. The van der Waals surface area contributed by atoms with Gasteiger partial charge in [0.15, 0.2) is 11.5 Å². The topological polar surface area (TPSA) is 73.9 Å². The summed E-state index contributed by atoms with van der Waals surface area (Å²) in [6.07, 6.45) is 9.80. The van der Waals surface area contributed by atoms with Crippen LogP contribution in [-0.2, 0) is 22.6 Å². The maximum atomic E-state index is 13.3. The number of hydrogen-bond donors (Lipinski definition) is 1. The molecule has 1 heterocycles. The second-order valence-electron chi connectivity index (χ2n) is 12.3. The molecule has 2 saturated carbocycles. The summed E-state index contributed by atoms with van der Waals surface area (Å²) in [5.74, 6) is 5.17. The Morgan fingerprint density at radius 2 is 1.95 bits per heavy atom. The van der Waals surface area contributed by atoms with Crippen molar-refractivity contribution in [1.29, 1.82) is 0 Å². The Kier molecular flexibility index (Phi) is 7.30. The van der Waals surface area contributed by atoms with E-state index >= 15 is 0 Å². The summed E-state index contributed by atoms with van der Waals surface area (Å²) in [4.78, 5) is 25.7. The van der Waals surface area contributed by atoms with Gasteiger partial charge < -0.3 is 19.5 Å². The third-order valence-electron chi connectivity index (χ3n) is 10.2. The highest BCUT2D eigenvalue weighted by Gasteiger charge is 2.58. The lowest BCUT2D eigenvalue weighted by atomic mass is 9.54. The van der Waals surface area contributed by atoms with Crippen molar-refractivity contribution in [3.05, 3.63) is 53.1 Å². The number of aryl methyl sites for hydroxylation is 1. The number of fused-ring (bicyclic) bond motifs is 6. The van der Waals surface area contributed by atoms with Gasteiger partial charge in [0.1, 0.15) is 11.5 Å². The lowest BCUT2D eigenvalue weighted by Gasteiger charge is -2.50. The maximum absolute atomic E-state index is 13.3. The monoisotopic (exact) mass is 531 g/mol. The molecular weight excluding hydrogens is 490 g/mol. The van der Waals surface area contributed by atoms with Gasteiger partial charge in [-0.25, -0.2) is 0 Å². The number of nitrogens with one attached hydrogen (secondary N) is 1. The van der Waals surface area contributed by atoms with Gasteiger partial charge in [0, 0.05) is 24.8 Å². The van der Waals surface area contributed by atoms with E-state index in [-0.39, 0.29) is 18.1 Å². The normalized spacial score (nSPS) is 28.4. The molecule has 0 spiro atoms. The molecule has 6 nitrogen and oxygen atoms in total. The Morgan fingerprint density at radius 1 is 1.08 bits per heavy atom. The summed E-state index contributed by atoms with van der Waals surface area (Å²) in [7, 11) is 1.74. The lowest BCUT2D eigenvalue weighted by molar-refractivity contribution is -0.129. The number of Topliss-reactive ketones (excluding diaryl/α,β-unsaturated/α-hetero) is 1. The van der Waals surface area contributed by atoms with Crippen molar-refractivity contribution in [1.82, 2.24) is 5.32 Å². The smallest absolute Gasteiger partial charge is 0.231 e. The minimum Gasteiger partial charge on any atom is -0.497 e. The van der Waals surface area contributed by atoms with E-state index < -0.39 is 0 Å². The Labute approximate surface area is 231 Å². The van der Waals surface area contributed by atoms with Gasteiger partial charge in [0.05, 0.1) is 7.11 Å². The third-order valence-corrected chi connectivity index (χ3v) is 10.2. The van der Waals surface area contributed by atoms with E-state index in [2.05, 4.69) is 30.4 Å². The minimum atomic E-state index is -0.148. The summed E-state index contributed by atoms with van der Waals surface area (Å²) in [6.45, 7) is 3.02. The van der Waals surface area contributed by atoms with E-state index in [1.54, 1.807) is 7.11 Å². The molecule has 0 saturated heterocycles. The summed E-state index contributed by atoms with van der Waals surface area (Å²) in [5.41, 5.74) is 3.80. The Balaban J connectivity index is 0.995. The molecule has 0 radical (unpaired) electrons. The predicted octanol–water partition coefficient (Wildman–Crippen LogP) is 6.34. The van der Waals surface area contributed by atoms with Crippen LogP contribution in [0.2, 0.25) is 0 Å². The Morgan fingerprint density at radius 3 is 2.82 bits per heavy atom. The van der Waals surface area contributed by atoms with Crippen LogP contribution in [0.15, 0.2) is 36.4 Å². The van der Waals surface area contributed by atoms with Crippen LogP contribution >= 0.6 is 0 Å². The van der Waals surface area contributed by atoms with Crippen LogP contribution in [0.5, 0.6) is 17.2 Å². The molecule has 208 valence electrons. The fourth-order valence-corrected chi connectivity index (χ4v) is 8.22. The fourth-order valence-electron chi connectivity index (χ4n) is 8.22. The van der Waals surface area contributed by atoms with Crippen LogP contribution in [0, 0.1) is 23.2 Å². The number of ketones is 1. The molecule has 4 aliphatic rings. The molecule has 1 amide bonds. The Bertz CT molecular complexity index is 1240. The van der Waals surface area contributed by atoms with E-state index in [4.69, 9.17) is 14.2 Å². The molecule has 2 fully saturated rings. The van der Waals surface area contributed by atoms with Crippen LogP contribution in [0.3, 0.4) is 0 Å². The fraction of sp³-hybridized carbons (Fsp3) is 0.576. The molecular formula is C33H41NO5. The molecule has 1 aliphatic heterocycles.